The lowest BCUT2D eigenvalue weighted by Gasteiger charge is -2.17. The van der Waals surface area contributed by atoms with Gasteiger partial charge in [0, 0.05) is 48.7 Å². The predicted octanol–water partition coefficient (Wildman–Crippen LogP) is 3.70. The van der Waals surface area contributed by atoms with Gasteiger partial charge in [0.15, 0.2) is 0 Å². The number of amides is 1. The van der Waals surface area contributed by atoms with Crippen molar-refractivity contribution in [2.75, 3.05) is 26.0 Å². The molecule has 172 valence electrons. The van der Waals surface area contributed by atoms with Gasteiger partial charge < -0.3 is 31.2 Å². The summed E-state index contributed by atoms with van der Waals surface area (Å²) in [6.45, 7) is 3.81. The molecule has 0 fully saturated rings. The Kier molecular flexibility index (Phi) is 7.30. The van der Waals surface area contributed by atoms with Crippen LogP contribution in [0.1, 0.15) is 29.8 Å². The molecule has 5 N–H and O–H groups in total. The molecule has 8 nitrogen and oxygen atoms in total. The predicted molar refractivity (Wildman–Crippen MR) is 132 cm³/mol. The Morgan fingerprint density at radius 1 is 1.15 bits per heavy atom. The summed E-state index contributed by atoms with van der Waals surface area (Å²) in [6, 6.07) is 12.9. The zero-order valence-electron chi connectivity index (χ0n) is 19.2. The zero-order valence-corrected chi connectivity index (χ0v) is 19.2. The maximum Gasteiger partial charge on any atom is 0.251 e. The number of hydrogen-bond acceptors (Lipinski definition) is 7. The van der Waals surface area contributed by atoms with Gasteiger partial charge in [-0.2, -0.15) is 0 Å². The molecule has 1 aromatic heterocycles. The average Bonchev–Trinajstić information content (AvgIpc) is 2.80. The molecule has 0 saturated heterocycles. The van der Waals surface area contributed by atoms with Gasteiger partial charge in [0.05, 0.1) is 18.4 Å². The van der Waals surface area contributed by atoms with Gasteiger partial charge in [-0.15, -0.1) is 0 Å². The standard InChI is InChI=1S/C25H29N5O3/c1-25(2,32)15-28-13-20(12-26)16-5-6-18-14-29-23(11-19(18)9-16)30-21-8-7-17(24(31)27-3)10-22(21)33-4/h5-14,26,28,32H,15H2,1-4H3,(H,27,31)(H,29,30)/b20-13+,26-12?. The van der Waals surface area contributed by atoms with Crippen molar-refractivity contribution in [1.29, 1.82) is 5.41 Å². The molecule has 0 aliphatic rings. The molecule has 0 aliphatic heterocycles. The molecule has 0 bridgehead atoms. The molecular weight excluding hydrogens is 418 g/mol. The Morgan fingerprint density at radius 3 is 2.58 bits per heavy atom. The summed E-state index contributed by atoms with van der Waals surface area (Å²) in [5.74, 6) is 0.952. The number of fused-ring (bicyclic) bond motifs is 1. The number of anilines is 2. The molecule has 0 atom stereocenters. The third kappa shape index (κ3) is 6.08. The number of carbonyl (C=O) groups is 1. The number of allylic oxidation sites excluding steroid dienone is 1. The van der Waals surface area contributed by atoms with Crippen LogP contribution in [0.4, 0.5) is 11.5 Å². The Labute approximate surface area is 193 Å². The van der Waals surface area contributed by atoms with Crippen LogP contribution in [0, 0.1) is 5.41 Å². The minimum Gasteiger partial charge on any atom is -0.495 e. The van der Waals surface area contributed by atoms with E-state index in [1.165, 1.54) is 6.21 Å². The van der Waals surface area contributed by atoms with E-state index in [-0.39, 0.29) is 5.91 Å². The van der Waals surface area contributed by atoms with E-state index in [1.54, 1.807) is 58.6 Å². The molecule has 8 heteroatoms. The highest BCUT2D eigenvalue weighted by molar-refractivity contribution is 6.09. The minimum absolute atomic E-state index is 0.191. The van der Waals surface area contributed by atoms with E-state index < -0.39 is 5.60 Å². The van der Waals surface area contributed by atoms with Crippen molar-refractivity contribution in [3.05, 3.63) is 66.0 Å². The summed E-state index contributed by atoms with van der Waals surface area (Å²) in [5.41, 5.74) is 1.90. The highest BCUT2D eigenvalue weighted by Gasteiger charge is 2.12. The first-order valence-electron chi connectivity index (χ1n) is 10.5. The molecule has 3 aromatic rings. The Balaban J connectivity index is 1.88. The van der Waals surface area contributed by atoms with E-state index in [9.17, 15) is 9.90 Å². The summed E-state index contributed by atoms with van der Waals surface area (Å²) in [7, 11) is 3.13. The zero-order chi connectivity index (χ0) is 24.0. The Bertz CT molecular complexity index is 1200. The molecule has 2 aromatic carbocycles. The lowest BCUT2D eigenvalue weighted by Crippen LogP contribution is -2.32. The highest BCUT2D eigenvalue weighted by Crippen LogP contribution is 2.29. The van der Waals surface area contributed by atoms with Crippen LogP contribution in [-0.4, -0.2) is 48.5 Å². The summed E-state index contributed by atoms with van der Waals surface area (Å²) in [6.07, 6.45) is 4.77. The number of carbonyl (C=O) groups excluding carboxylic acids is 1. The van der Waals surface area contributed by atoms with Crippen molar-refractivity contribution in [2.45, 2.75) is 19.4 Å². The number of pyridine rings is 1. The fourth-order valence-corrected chi connectivity index (χ4v) is 3.23. The second-order valence-corrected chi connectivity index (χ2v) is 8.19. The molecule has 33 heavy (non-hydrogen) atoms. The normalized spacial score (nSPS) is 11.7. The summed E-state index contributed by atoms with van der Waals surface area (Å²) in [4.78, 5) is 16.4. The summed E-state index contributed by atoms with van der Waals surface area (Å²) >= 11 is 0. The monoisotopic (exact) mass is 447 g/mol. The number of nitrogens with one attached hydrogen (secondary N) is 4. The lowest BCUT2D eigenvalue weighted by atomic mass is 10.0. The van der Waals surface area contributed by atoms with Gasteiger partial charge in [-0.3, -0.25) is 4.79 Å². The first kappa shape index (κ1) is 23.7. The Hall–Kier alpha value is -3.91. The van der Waals surface area contributed by atoms with Crippen molar-refractivity contribution < 1.29 is 14.6 Å². The summed E-state index contributed by atoms with van der Waals surface area (Å²) in [5, 5.41) is 28.5. The molecular formula is C25H29N5O3. The van der Waals surface area contributed by atoms with Gasteiger partial charge in [-0.25, -0.2) is 4.98 Å². The van der Waals surface area contributed by atoms with E-state index in [2.05, 4.69) is 20.9 Å². The number of hydrogen-bond donors (Lipinski definition) is 5. The first-order valence-corrected chi connectivity index (χ1v) is 10.5. The number of methoxy groups -OCH3 is 1. The van der Waals surface area contributed by atoms with Crippen LogP contribution in [0.5, 0.6) is 5.75 Å². The van der Waals surface area contributed by atoms with Crippen molar-refractivity contribution >= 4 is 40.0 Å². The van der Waals surface area contributed by atoms with Gasteiger partial charge >= 0.3 is 0 Å². The van der Waals surface area contributed by atoms with E-state index >= 15 is 0 Å². The number of benzene rings is 2. The van der Waals surface area contributed by atoms with Crippen molar-refractivity contribution in [1.82, 2.24) is 15.6 Å². The number of aliphatic hydroxyl groups is 1. The fourth-order valence-electron chi connectivity index (χ4n) is 3.23. The van der Waals surface area contributed by atoms with Crippen molar-refractivity contribution in [2.24, 2.45) is 0 Å². The van der Waals surface area contributed by atoms with Gasteiger partial charge in [-0.05, 0) is 55.1 Å². The lowest BCUT2D eigenvalue weighted by molar-refractivity contribution is 0.0835. The summed E-state index contributed by atoms with van der Waals surface area (Å²) < 4.78 is 5.44. The third-order valence-electron chi connectivity index (χ3n) is 4.96. The van der Waals surface area contributed by atoms with Crippen LogP contribution >= 0.6 is 0 Å². The van der Waals surface area contributed by atoms with Crippen molar-refractivity contribution in [3.63, 3.8) is 0 Å². The molecule has 0 aliphatic carbocycles. The maximum absolute atomic E-state index is 11.9. The van der Waals surface area contributed by atoms with Crippen LogP contribution in [0.15, 0.2) is 54.9 Å². The van der Waals surface area contributed by atoms with E-state index in [0.29, 0.717) is 34.9 Å². The van der Waals surface area contributed by atoms with Crippen LogP contribution in [0.2, 0.25) is 0 Å². The smallest absolute Gasteiger partial charge is 0.251 e. The fraction of sp³-hybridized carbons (Fsp3) is 0.240. The number of rotatable bonds is 9. The van der Waals surface area contributed by atoms with Gasteiger partial charge in [0.2, 0.25) is 0 Å². The van der Waals surface area contributed by atoms with Crippen molar-refractivity contribution in [3.8, 4) is 5.75 Å². The molecule has 0 spiro atoms. The molecule has 1 heterocycles. The van der Waals surface area contributed by atoms with E-state index in [4.69, 9.17) is 10.1 Å². The van der Waals surface area contributed by atoms with Crippen LogP contribution in [-0.2, 0) is 0 Å². The van der Waals surface area contributed by atoms with Crippen LogP contribution in [0.25, 0.3) is 16.3 Å². The highest BCUT2D eigenvalue weighted by atomic mass is 16.5. The SMILES string of the molecule is CNC(=O)c1ccc(Nc2cc3cc(/C(C=N)=C/NCC(C)(C)O)ccc3cn2)c(OC)c1. The largest absolute Gasteiger partial charge is 0.495 e. The van der Waals surface area contributed by atoms with Gasteiger partial charge in [-0.1, -0.05) is 12.1 Å². The maximum atomic E-state index is 11.9. The van der Waals surface area contributed by atoms with Crippen LogP contribution < -0.4 is 20.7 Å². The first-order chi connectivity index (χ1) is 15.7. The van der Waals surface area contributed by atoms with Gasteiger partial charge in [0.25, 0.3) is 5.91 Å². The molecule has 1 amide bonds. The molecule has 0 radical (unpaired) electrons. The number of nitrogens with zero attached hydrogens (tertiary/aromatic N) is 1. The van der Waals surface area contributed by atoms with Crippen LogP contribution in [0.3, 0.4) is 0 Å². The van der Waals surface area contributed by atoms with E-state index in [0.717, 1.165) is 16.3 Å². The number of aromatic nitrogens is 1. The second kappa shape index (κ2) is 10.1. The Morgan fingerprint density at radius 2 is 1.91 bits per heavy atom. The molecule has 0 unspecified atom stereocenters. The average molecular weight is 448 g/mol. The quantitative estimate of drug-likeness (QED) is 0.319. The van der Waals surface area contributed by atoms with E-state index in [1.807, 2.05) is 24.3 Å². The topological polar surface area (TPSA) is 119 Å². The minimum atomic E-state index is -0.848. The molecule has 0 saturated carbocycles. The number of ether oxygens (including phenoxy) is 1. The third-order valence-corrected chi connectivity index (χ3v) is 4.96. The van der Waals surface area contributed by atoms with Gasteiger partial charge in [0.1, 0.15) is 11.6 Å². The second-order valence-electron chi connectivity index (χ2n) is 8.19. The molecule has 3 rings (SSSR count).